The van der Waals surface area contributed by atoms with Crippen molar-refractivity contribution < 1.29 is 12.8 Å². The number of halogens is 1. The van der Waals surface area contributed by atoms with E-state index in [0.29, 0.717) is 12.2 Å². The lowest BCUT2D eigenvalue weighted by molar-refractivity contribution is 0.462. The number of nitrogens with one attached hydrogen (secondary N) is 1. The van der Waals surface area contributed by atoms with Crippen LogP contribution in [-0.2, 0) is 22.1 Å². The molecule has 0 atom stereocenters. The number of sulfonamides is 1. The van der Waals surface area contributed by atoms with Crippen molar-refractivity contribution in [3.8, 4) is 0 Å². The minimum Gasteiger partial charge on any atom is -0.248 e. The van der Waals surface area contributed by atoms with E-state index >= 15 is 0 Å². The molecule has 0 fully saturated rings. The van der Waals surface area contributed by atoms with E-state index in [9.17, 15) is 12.8 Å². The Morgan fingerprint density at radius 1 is 1.36 bits per heavy atom. The zero-order chi connectivity index (χ0) is 16.5. The van der Waals surface area contributed by atoms with E-state index in [2.05, 4.69) is 15.0 Å². The number of nitrogens with zero attached hydrogens (tertiary/aromatic N) is 3. The van der Waals surface area contributed by atoms with E-state index in [0.717, 1.165) is 17.4 Å². The van der Waals surface area contributed by atoms with Crippen LogP contribution in [0.1, 0.15) is 30.7 Å². The molecule has 0 spiro atoms. The van der Waals surface area contributed by atoms with Gasteiger partial charge in [0, 0.05) is 0 Å². The molecule has 1 aromatic heterocycles. The number of hydrogen-bond acceptors (Lipinski definition) is 4. The fourth-order valence-corrected chi connectivity index (χ4v) is 3.22. The van der Waals surface area contributed by atoms with Gasteiger partial charge in [0.15, 0.2) is 0 Å². The third kappa shape index (κ3) is 4.11. The van der Waals surface area contributed by atoms with E-state index in [1.807, 2.05) is 6.92 Å². The summed E-state index contributed by atoms with van der Waals surface area (Å²) >= 11 is 0. The van der Waals surface area contributed by atoms with Gasteiger partial charge in [-0.05, 0) is 44.0 Å². The van der Waals surface area contributed by atoms with Crippen molar-refractivity contribution in [1.82, 2.24) is 19.7 Å². The fourth-order valence-electron chi connectivity index (χ4n) is 2.19. The summed E-state index contributed by atoms with van der Waals surface area (Å²) in [4.78, 5) is 0. The molecule has 1 aromatic carbocycles. The van der Waals surface area contributed by atoms with Gasteiger partial charge in [-0.2, -0.15) is 0 Å². The SMILES string of the molecule is Cc1cc(F)ccc1Cn1cc(C(C)(C)NS(C)(=O)=O)nn1. The summed E-state index contributed by atoms with van der Waals surface area (Å²) in [5.74, 6) is -0.279. The van der Waals surface area contributed by atoms with Crippen LogP contribution in [0, 0.1) is 12.7 Å². The van der Waals surface area contributed by atoms with Gasteiger partial charge in [0.2, 0.25) is 10.0 Å². The zero-order valence-electron chi connectivity index (χ0n) is 13.0. The highest BCUT2D eigenvalue weighted by Crippen LogP contribution is 2.19. The topological polar surface area (TPSA) is 76.9 Å². The molecule has 1 heterocycles. The van der Waals surface area contributed by atoms with Gasteiger partial charge in [-0.15, -0.1) is 5.10 Å². The Balaban J connectivity index is 2.21. The van der Waals surface area contributed by atoms with Gasteiger partial charge >= 0.3 is 0 Å². The summed E-state index contributed by atoms with van der Waals surface area (Å²) < 4.78 is 40.0. The first kappa shape index (κ1) is 16.6. The van der Waals surface area contributed by atoms with Gasteiger partial charge in [-0.3, -0.25) is 0 Å². The van der Waals surface area contributed by atoms with Crippen LogP contribution in [0.4, 0.5) is 4.39 Å². The van der Waals surface area contributed by atoms with Crippen molar-refractivity contribution in [2.75, 3.05) is 6.26 Å². The third-order valence-electron chi connectivity index (χ3n) is 3.26. The lowest BCUT2D eigenvalue weighted by Crippen LogP contribution is -2.40. The van der Waals surface area contributed by atoms with E-state index < -0.39 is 15.6 Å². The molecule has 8 heteroatoms. The van der Waals surface area contributed by atoms with Crippen LogP contribution in [0.25, 0.3) is 0 Å². The summed E-state index contributed by atoms with van der Waals surface area (Å²) in [6, 6.07) is 4.56. The normalized spacial score (nSPS) is 12.6. The van der Waals surface area contributed by atoms with E-state index in [4.69, 9.17) is 0 Å². The molecular weight excluding hydrogens is 307 g/mol. The molecule has 0 saturated heterocycles. The van der Waals surface area contributed by atoms with Crippen molar-refractivity contribution in [1.29, 1.82) is 0 Å². The Bertz CT molecular complexity index is 784. The van der Waals surface area contributed by atoms with E-state index in [-0.39, 0.29) is 5.82 Å². The van der Waals surface area contributed by atoms with Crippen molar-refractivity contribution >= 4 is 10.0 Å². The highest BCUT2D eigenvalue weighted by molar-refractivity contribution is 7.88. The zero-order valence-corrected chi connectivity index (χ0v) is 13.8. The Morgan fingerprint density at radius 2 is 2.05 bits per heavy atom. The Kier molecular flexibility index (Phi) is 4.35. The quantitative estimate of drug-likeness (QED) is 0.904. The molecular formula is C14H19FN4O2S. The van der Waals surface area contributed by atoms with E-state index in [1.54, 1.807) is 30.8 Å². The van der Waals surface area contributed by atoms with Crippen molar-refractivity contribution in [2.45, 2.75) is 32.9 Å². The summed E-state index contributed by atoms with van der Waals surface area (Å²) in [6.07, 6.45) is 2.78. The van der Waals surface area contributed by atoms with Crippen LogP contribution in [0.2, 0.25) is 0 Å². The standard InChI is InChI=1S/C14H19FN4O2S/c1-10-7-12(15)6-5-11(10)8-19-9-13(16-18-19)14(2,3)17-22(4,20)21/h5-7,9,17H,8H2,1-4H3. The minimum absolute atomic E-state index is 0.279. The van der Waals surface area contributed by atoms with Gasteiger partial charge in [0.1, 0.15) is 11.5 Å². The lowest BCUT2D eigenvalue weighted by atomic mass is 10.0. The van der Waals surface area contributed by atoms with Crippen LogP contribution in [0.3, 0.4) is 0 Å². The molecule has 2 aromatic rings. The van der Waals surface area contributed by atoms with Gasteiger partial charge in [0.25, 0.3) is 0 Å². The molecule has 2 rings (SSSR count). The predicted molar refractivity (Wildman–Crippen MR) is 81.3 cm³/mol. The van der Waals surface area contributed by atoms with E-state index in [1.165, 1.54) is 12.1 Å². The molecule has 0 aliphatic rings. The second-order valence-electron chi connectivity index (χ2n) is 5.87. The average Bonchev–Trinajstić information content (AvgIpc) is 2.79. The molecule has 1 N–H and O–H groups in total. The van der Waals surface area contributed by atoms with Gasteiger partial charge in [-0.25, -0.2) is 22.2 Å². The summed E-state index contributed by atoms with van der Waals surface area (Å²) in [5, 5.41) is 8.04. The Labute approximate surface area is 129 Å². The molecule has 0 aliphatic carbocycles. The molecule has 0 bridgehead atoms. The first-order valence-electron chi connectivity index (χ1n) is 6.71. The number of rotatable bonds is 5. The highest BCUT2D eigenvalue weighted by atomic mass is 32.2. The maximum absolute atomic E-state index is 13.1. The maximum Gasteiger partial charge on any atom is 0.209 e. The van der Waals surface area contributed by atoms with Crippen molar-refractivity contribution in [3.63, 3.8) is 0 Å². The predicted octanol–water partition coefficient (Wildman–Crippen LogP) is 1.56. The minimum atomic E-state index is -3.36. The second-order valence-corrected chi connectivity index (χ2v) is 7.62. The molecule has 22 heavy (non-hydrogen) atoms. The van der Waals surface area contributed by atoms with Crippen molar-refractivity contribution in [3.05, 3.63) is 47.0 Å². The average molecular weight is 326 g/mol. The first-order valence-corrected chi connectivity index (χ1v) is 8.60. The number of aryl methyl sites for hydroxylation is 1. The fraction of sp³-hybridized carbons (Fsp3) is 0.429. The molecule has 0 amide bonds. The second kappa shape index (κ2) is 5.77. The summed E-state index contributed by atoms with van der Waals surface area (Å²) in [6.45, 7) is 5.69. The Morgan fingerprint density at radius 3 is 2.64 bits per heavy atom. The van der Waals surface area contributed by atoms with Crippen LogP contribution < -0.4 is 4.72 Å². The first-order chi connectivity index (χ1) is 10.1. The smallest absolute Gasteiger partial charge is 0.209 e. The molecule has 0 saturated carbocycles. The number of hydrogen-bond donors (Lipinski definition) is 1. The van der Waals surface area contributed by atoms with Crippen LogP contribution in [0.15, 0.2) is 24.4 Å². The molecule has 120 valence electrons. The van der Waals surface area contributed by atoms with Gasteiger partial charge < -0.3 is 0 Å². The summed E-state index contributed by atoms with van der Waals surface area (Å²) in [7, 11) is -3.36. The van der Waals surface area contributed by atoms with Crippen molar-refractivity contribution in [2.24, 2.45) is 0 Å². The monoisotopic (exact) mass is 326 g/mol. The third-order valence-corrected chi connectivity index (χ3v) is 4.14. The molecule has 0 radical (unpaired) electrons. The Hall–Kier alpha value is -1.80. The largest absolute Gasteiger partial charge is 0.248 e. The van der Waals surface area contributed by atoms with Gasteiger partial charge in [0.05, 0.1) is 24.5 Å². The summed E-state index contributed by atoms with van der Waals surface area (Å²) in [5.41, 5.74) is 1.40. The molecule has 0 aliphatic heterocycles. The van der Waals surface area contributed by atoms with Gasteiger partial charge in [-0.1, -0.05) is 11.3 Å². The number of aromatic nitrogens is 3. The molecule has 0 unspecified atom stereocenters. The van der Waals surface area contributed by atoms with Crippen LogP contribution >= 0.6 is 0 Å². The maximum atomic E-state index is 13.1. The molecule has 6 nitrogen and oxygen atoms in total. The van der Waals surface area contributed by atoms with Crippen LogP contribution in [-0.4, -0.2) is 29.7 Å². The van der Waals surface area contributed by atoms with Crippen LogP contribution in [0.5, 0.6) is 0 Å². The number of benzene rings is 1. The highest BCUT2D eigenvalue weighted by Gasteiger charge is 2.27. The lowest BCUT2D eigenvalue weighted by Gasteiger charge is -2.21.